The zero-order valence-electron chi connectivity index (χ0n) is 13.0. The van der Waals surface area contributed by atoms with E-state index >= 15 is 0 Å². The number of ether oxygens (including phenoxy) is 2. The summed E-state index contributed by atoms with van der Waals surface area (Å²) < 4.78 is 10.3. The van der Waals surface area contributed by atoms with Crippen LogP contribution in [0.5, 0.6) is 0 Å². The number of nitrogens with one attached hydrogen (secondary N) is 3. The number of amides is 3. The van der Waals surface area contributed by atoms with E-state index in [9.17, 15) is 19.5 Å². The molecule has 0 aliphatic rings. The van der Waals surface area contributed by atoms with Gasteiger partial charge in [-0.2, -0.15) is 0 Å². The zero-order valence-corrected chi connectivity index (χ0v) is 13.0. The molecular formula is C13H25N3O6. The minimum atomic E-state index is -1.03. The second kappa shape index (κ2) is 13.0. The van der Waals surface area contributed by atoms with E-state index in [0.29, 0.717) is 26.2 Å². The van der Waals surface area contributed by atoms with E-state index in [1.165, 1.54) is 6.92 Å². The maximum atomic E-state index is 11.3. The van der Waals surface area contributed by atoms with E-state index in [4.69, 9.17) is 9.47 Å². The Kier molecular flexibility index (Phi) is 12.0. The van der Waals surface area contributed by atoms with Gasteiger partial charge in [-0.05, 0) is 0 Å². The number of hydrogen-bond acceptors (Lipinski definition) is 6. The smallest absolute Gasteiger partial charge is 0.239 e. The molecule has 4 N–H and O–H groups in total. The molecule has 0 bridgehead atoms. The van der Waals surface area contributed by atoms with Crippen molar-refractivity contribution in [3.05, 3.63) is 0 Å². The Morgan fingerprint density at radius 1 is 1.05 bits per heavy atom. The van der Waals surface area contributed by atoms with E-state index < -0.39 is 6.23 Å². The Bertz CT molecular complexity index is 351. The van der Waals surface area contributed by atoms with E-state index in [1.807, 2.05) is 0 Å². The fourth-order valence-corrected chi connectivity index (χ4v) is 1.32. The molecule has 0 fully saturated rings. The van der Waals surface area contributed by atoms with Gasteiger partial charge in [0.15, 0.2) is 0 Å². The van der Waals surface area contributed by atoms with Gasteiger partial charge in [-0.25, -0.2) is 0 Å². The molecule has 0 aromatic rings. The second-order valence-corrected chi connectivity index (χ2v) is 4.38. The van der Waals surface area contributed by atoms with Gasteiger partial charge in [0.25, 0.3) is 0 Å². The Labute approximate surface area is 129 Å². The minimum Gasteiger partial charge on any atom is -0.377 e. The number of carbonyl (C=O) groups is 3. The van der Waals surface area contributed by atoms with Crippen LogP contribution in [0.15, 0.2) is 0 Å². The molecule has 22 heavy (non-hydrogen) atoms. The highest BCUT2D eigenvalue weighted by atomic mass is 16.5. The molecule has 0 aliphatic heterocycles. The number of carbonyl (C=O) groups excluding carboxylic acids is 3. The quantitative estimate of drug-likeness (QED) is 0.246. The fraction of sp³-hybridized carbons (Fsp3) is 0.769. The molecule has 9 nitrogen and oxygen atoms in total. The first-order chi connectivity index (χ1) is 10.5. The molecule has 0 spiro atoms. The monoisotopic (exact) mass is 319 g/mol. The van der Waals surface area contributed by atoms with Crippen molar-refractivity contribution in [2.24, 2.45) is 0 Å². The molecule has 0 radical (unpaired) electrons. The van der Waals surface area contributed by atoms with Gasteiger partial charge in [0.05, 0.1) is 33.0 Å². The topological polar surface area (TPSA) is 126 Å². The second-order valence-electron chi connectivity index (χ2n) is 4.38. The van der Waals surface area contributed by atoms with Gasteiger partial charge in [-0.1, -0.05) is 6.92 Å². The largest absolute Gasteiger partial charge is 0.377 e. The Morgan fingerprint density at radius 2 is 1.73 bits per heavy atom. The van der Waals surface area contributed by atoms with Crippen molar-refractivity contribution in [1.29, 1.82) is 0 Å². The van der Waals surface area contributed by atoms with Crippen LogP contribution in [0.4, 0.5) is 0 Å². The highest BCUT2D eigenvalue weighted by molar-refractivity contribution is 5.84. The lowest BCUT2D eigenvalue weighted by atomic mass is 10.4. The lowest BCUT2D eigenvalue weighted by Crippen LogP contribution is -2.38. The average molecular weight is 319 g/mol. The highest BCUT2D eigenvalue weighted by Crippen LogP contribution is 1.83. The lowest BCUT2D eigenvalue weighted by molar-refractivity contribution is -0.126. The average Bonchev–Trinajstić information content (AvgIpc) is 2.46. The third-order valence-corrected chi connectivity index (χ3v) is 2.35. The van der Waals surface area contributed by atoms with E-state index in [0.717, 1.165) is 0 Å². The van der Waals surface area contributed by atoms with Crippen LogP contribution in [0.3, 0.4) is 0 Å². The molecule has 3 amide bonds. The number of hydrogen-bond donors (Lipinski definition) is 4. The molecule has 0 saturated carbocycles. The van der Waals surface area contributed by atoms with E-state index in [-0.39, 0.29) is 37.5 Å². The maximum Gasteiger partial charge on any atom is 0.239 e. The highest BCUT2D eigenvalue weighted by Gasteiger charge is 2.05. The molecule has 0 saturated heterocycles. The fourth-order valence-electron chi connectivity index (χ4n) is 1.32. The molecule has 0 aliphatic carbocycles. The molecule has 0 aromatic heterocycles. The van der Waals surface area contributed by atoms with E-state index in [2.05, 4.69) is 16.0 Å². The van der Waals surface area contributed by atoms with Crippen LogP contribution in [0.2, 0.25) is 0 Å². The summed E-state index contributed by atoms with van der Waals surface area (Å²) in [5.41, 5.74) is 0. The molecule has 128 valence electrons. The van der Waals surface area contributed by atoms with Crippen LogP contribution in [0.25, 0.3) is 0 Å². The van der Waals surface area contributed by atoms with Crippen molar-refractivity contribution < 1.29 is 29.0 Å². The van der Waals surface area contributed by atoms with Gasteiger partial charge in [0, 0.05) is 19.9 Å². The molecule has 1 unspecified atom stereocenters. The summed E-state index contributed by atoms with van der Waals surface area (Å²) in [6.07, 6.45) is -0.692. The molecule has 9 heteroatoms. The van der Waals surface area contributed by atoms with Gasteiger partial charge in [0.2, 0.25) is 17.7 Å². The van der Waals surface area contributed by atoms with Crippen molar-refractivity contribution in [2.75, 3.05) is 39.5 Å². The molecular weight excluding hydrogens is 294 g/mol. The normalized spacial score (nSPS) is 11.6. The molecule has 0 heterocycles. The van der Waals surface area contributed by atoms with Crippen molar-refractivity contribution in [2.45, 2.75) is 26.5 Å². The van der Waals surface area contributed by atoms with Crippen molar-refractivity contribution in [3.63, 3.8) is 0 Å². The maximum absolute atomic E-state index is 11.3. The number of rotatable bonds is 12. The standard InChI is InChI=1S/C13H25N3O6/c1-3-11(18)15-8-12(19)14-4-5-21-6-7-22-9-13(20)16-10(2)17/h13,20H,3-9H2,1-2H3,(H,14,19)(H,15,18)(H,16,17). The summed E-state index contributed by atoms with van der Waals surface area (Å²) >= 11 is 0. The van der Waals surface area contributed by atoms with Crippen LogP contribution in [0, 0.1) is 0 Å². The SMILES string of the molecule is CCC(=O)NCC(=O)NCCOCCOCC(O)NC(C)=O. The van der Waals surface area contributed by atoms with Crippen LogP contribution in [-0.4, -0.2) is 68.6 Å². The van der Waals surface area contributed by atoms with Crippen LogP contribution in [0.1, 0.15) is 20.3 Å². The van der Waals surface area contributed by atoms with Gasteiger partial charge in [-0.15, -0.1) is 0 Å². The van der Waals surface area contributed by atoms with Crippen molar-refractivity contribution in [3.8, 4) is 0 Å². The van der Waals surface area contributed by atoms with Crippen LogP contribution in [-0.2, 0) is 23.9 Å². The van der Waals surface area contributed by atoms with Crippen LogP contribution >= 0.6 is 0 Å². The summed E-state index contributed by atoms with van der Waals surface area (Å²) in [6, 6.07) is 0. The third kappa shape index (κ3) is 13.3. The Hall–Kier alpha value is -1.71. The van der Waals surface area contributed by atoms with Crippen molar-refractivity contribution in [1.82, 2.24) is 16.0 Å². The zero-order chi connectivity index (χ0) is 16.8. The molecule has 1 atom stereocenters. The summed E-state index contributed by atoms with van der Waals surface area (Å²) in [5.74, 6) is -0.789. The predicted molar refractivity (Wildman–Crippen MR) is 77.8 cm³/mol. The summed E-state index contributed by atoms with van der Waals surface area (Å²) in [4.78, 5) is 32.8. The van der Waals surface area contributed by atoms with Gasteiger partial charge >= 0.3 is 0 Å². The van der Waals surface area contributed by atoms with Crippen molar-refractivity contribution >= 4 is 17.7 Å². The lowest BCUT2D eigenvalue weighted by Gasteiger charge is -2.12. The minimum absolute atomic E-state index is 0.0171. The predicted octanol–water partition coefficient (Wildman–Crippen LogP) is -1.88. The van der Waals surface area contributed by atoms with Gasteiger partial charge in [0.1, 0.15) is 6.23 Å². The number of aliphatic hydroxyl groups is 1. The molecule has 0 rings (SSSR count). The third-order valence-electron chi connectivity index (χ3n) is 2.35. The summed E-state index contributed by atoms with van der Waals surface area (Å²) in [5, 5.41) is 16.6. The first-order valence-electron chi connectivity index (χ1n) is 7.09. The van der Waals surface area contributed by atoms with Crippen LogP contribution < -0.4 is 16.0 Å². The Morgan fingerprint density at radius 3 is 2.36 bits per heavy atom. The van der Waals surface area contributed by atoms with Gasteiger partial charge in [-0.3, -0.25) is 14.4 Å². The summed E-state index contributed by atoms with van der Waals surface area (Å²) in [6.45, 7) is 4.15. The number of aliphatic hydroxyl groups excluding tert-OH is 1. The first-order valence-corrected chi connectivity index (χ1v) is 7.09. The van der Waals surface area contributed by atoms with Gasteiger partial charge < -0.3 is 30.5 Å². The summed E-state index contributed by atoms with van der Waals surface area (Å²) in [7, 11) is 0. The first kappa shape index (κ1) is 20.3. The molecule has 0 aromatic carbocycles. The van der Waals surface area contributed by atoms with E-state index in [1.54, 1.807) is 6.92 Å². The Balaban J connectivity index is 3.34.